The van der Waals surface area contributed by atoms with Crippen LogP contribution in [-0.4, -0.2) is 6.43 Å². The van der Waals surface area contributed by atoms with Crippen molar-refractivity contribution in [2.45, 2.75) is 34.1 Å². The zero-order valence-electron chi connectivity index (χ0n) is 7.07. The fourth-order valence-electron chi connectivity index (χ4n) is 1.35. The molecule has 0 aromatic rings. The van der Waals surface area contributed by atoms with E-state index >= 15 is 0 Å². The summed E-state index contributed by atoms with van der Waals surface area (Å²) in [4.78, 5) is 0. The molecule has 0 amide bonds. The summed E-state index contributed by atoms with van der Waals surface area (Å²) in [6, 6.07) is 0. The molecule has 2 heteroatoms. The van der Waals surface area contributed by atoms with Crippen molar-refractivity contribution in [2.75, 3.05) is 0 Å². The largest absolute Gasteiger partial charge is 0.241 e. The normalized spacial score (nSPS) is 12.6. The maximum Gasteiger partial charge on any atom is 0.241 e. The first-order valence-electron chi connectivity index (χ1n) is 3.75. The zero-order chi connectivity index (χ0) is 8.31. The molecule has 0 saturated heterocycles. The van der Waals surface area contributed by atoms with Gasteiger partial charge in [0.15, 0.2) is 0 Å². The summed E-state index contributed by atoms with van der Waals surface area (Å²) in [5, 5.41) is 0. The van der Waals surface area contributed by atoms with Gasteiger partial charge in [-0.05, 0) is 11.8 Å². The van der Waals surface area contributed by atoms with Gasteiger partial charge < -0.3 is 0 Å². The van der Waals surface area contributed by atoms with Crippen LogP contribution in [0.5, 0.6) is 0 Å². The van der Waals surface area contributed by atoms with E-state index in [0.717, 1.165) is 0 Å². The number of halogens is 2. The summed E-state index contributed by atoms with van der Waals surface area (Å²) in [5.41, 5.74) is 0. The third-order valence-electron chi connectivity index (χ3n) is 1.83. The maximum atomic E-state index is 12.2. The summed E-state index contributed by atoms with van der Waals surface area (Å²) in [5.74, 6) is -0.278. The average molecular weight is 150 g/mol. The molecule has 0 aromatic heterocycles. The van der Waals surface area contributed by atoms with Gasteiger partial charge in [0, 0.05) is 5.92 Å². The molecule has 0 aliphatic carbocycles. The lowest BCUT2D eigenvalue weighted by atomic mass is 9.86. The van der Waals surface area contributed by atoms with E-state index in [1.807, 2.05) is 27.7 Å². The predicted octanol–water partition coefficient (Wildman–Crippen LogP) is 3.18. The second kappa shape index (κ2) is 3.89. The van der Waals surface area contributed by atoms with E-state index in [9.17, 15) is 8.78 Å². The van der Waals surface area contributed by atoms with E-state index in [1.165, 1.54) is 0 Å². The van der Waals surface area contributed by atoms with E-state index < -0.39 is 12.3 Å². The van der Waals surface area contributed by atoms with E-state index in [2.05, 4.69) is 0 Å². The molecule has 0 nitrogen and oxygen atoms in total. The number of hydrogen-bond donors (Lipinski definition) is 0. The summed E-state index contributed by atoms with van der Waals surface area (Å²) < 4.78 is 24.4. The molecule has 0 aliphatic rings. The van der Waals surface area contributed by atoms with E-state index in [4.69, 9.17) is 0 Å². The van der Waals surface area contributed by atoms with Gasteiger partial charge in [0.25, 0.3) is 0 Å². The Kier molecular flexibility index (Phi) is 3.84. The van der Waals surface area contributed by atoms with Crippen LogP contribution in [0.1, 0.15) is 27.7 Å². The third-order valence-corrected chi connectivity index (χ3v) is 1.83. The zero-order valence-corrected chi connectivity index (χ0v) is 7.07. The first-order chi connectivity index (χ1) is 4.46. The second-order valence-corrected chi connectivity index (χ2v) is 3.40. The lowest BCUT2D eigenvalue weighted by molar-refractivity contribution is 0.0256. The average Bonchev–Trinajstić information content (AvgIpc) is 1.59. The SMILES string of the molecule is CC(C)C(C(C)C)C(F)F. The molecular formula is C8H16F2. The molecule has 0 radical (unpaired) electrons. The molecule has 0 rings (SSSR count). The maximum absolute atomic E-state index is 12.2. The van der Waals surface area contributed by atoms with Crippen LogP contribution in [0.3, 0.4) is 0 Å². The van der Waals surface area contributed by atoms with Crippen molar-refractivity contribution in [2.24, 2.45) is 17.8 Å². The number of rotatable bonds is 3. The highest BCUT2D eigenvalue weighted by molar-refractivity contribution is 4.68. The van der Waals surface area contributed by atoms with Gasteiger partial charge in [-0.3, -0.25) is 0 Å². The third kappa shape index (κ3) is 2.63. The number of alkyl halides is 2. The van der Waals surface area contributed by atoms with Gasteiger partial charge in [-0.15, -0.1) is 0 Å². The van der Waals surface area contributed by atoms with Gasteiger partial charge in [-0.25, -0.2) is 8.78 Å². The van der Waals surface area contributed by atoms with Crippen molar-refractivity contribution >= 4 is 0 Å². The van der Waals surface area contributed by atoms with E-state index in [-0.39, 0.29) is 11.8 Å². The van der Waals surface area contributed by atoms with Crippen molar-refractivity contribution in [1.82, 2.24) is 0 Å². The van der Waals surface area contributed by atoms with Crippen molar-refractivity contribution in [3.05, 3.63) is 0 Å². The Hall–Kier alpha value is -0.140. The van der Waals surface area contributed by atoms with Crippen LogP contribution in [0.4, 0.5) is 8.78 Å². The topological polar surface area (TPSA) is 0 Å². The minimum absolute atomic E-state index is 0.0833. The Morgan fingerprint density at radius 3 is 1.10 bits per heavy atom. The summed E-state index contributed by atoms with van der Waals surface area (Å²) in [6.07, 6.45) is -2.17. The smallest absolute Gasteiger partial charge is 0.210 e. The molecule has 0 bridgehead atoms. The molecule has 10 heavy (non-hydrogen) atoms. The van der Waals surface area contributed by atoms with E-state index in [1.54, 1.807) is 0 Å². The molecule has 0 unspecified atom stereocenters. The van der Waals surface area contributed by atoms with Crippen LogP contribution < -0.4 is 0 Å². The van der Waals surface area contributed by atoms with Gasteiger partial charge >= 0.3 is 0 Å². The molecule has 0 heterocycles. The highest BCUT2D eigenvalue weighted by Gasteiger charge is 2.26. The van der Waals surface area contributed by atoms with Crippen LogP contribution in [0.2, 0.25) is 0 Å². The highest BCUT2D eigenvalue weighted by Crippen LogP contribution is 2.26. The summed E-state index contributed by atoms with van der Waals surface area (Å²) in [6.45, 7) is 7.38. The Labute approximate surface area is 61.6 Å². The summed E-state index contributed by atoms with van der Waals surface area (Å²) in [7, 11) is 0. The Bertz CT molecular complexity index is 68.2. The summed E-state index contributed by atoms with van der Waals surface area (Å²) >= 11 is 0. The molecule has 0 aromatic carbocycles. The van der Waals surface area contributed by atoms with Crippen molar-refractivity contribution < 1.29 is 8.78 Å². The lowest BCUT2D eigenvalue weighted by Crippen LogP contribution is -2.23. The Morgan fingerprint density at radius 2 is 1.10 bits per heavy atom. The van der Waals surface area contributed by atoms with Crippen molar-refractivity contribution in [3.63, 3.8) is 0 Å². The second-order valence-electron chi connectivity index (χ2n) is 3.40. The molecule has 0 N–H and O–H groups in total. The lowest BCUT2D eigenvalue weighted by Gasteiger charge is -2.23. The monoisotopic (exact) mass is 150 g/mol. The molecule has 0 fully saturated rings. The molecule has 0 saturated carbocycles. The van der Waals surface area contributed by atoms with Crippen LogP contribution in [-0.2, 0) is 0 Å². The Balaban J connectivity index is 3.98. The molecule has 0 spiro atoms. The van der Waals surface area contributed by atoms with Gasteiger partial charge in [-0.2, -0.15) is 0 Å². The van der Waals surface area contributed by atoms with Gasteiger partial charge in [0.05, 0.1) is 0 Å². The first-order valence-corrected chi connectivity index (χ1v) is 3.75. The van der Waals surface area contributed by atoms with Gasteiger partial charge in [-0.1, -0.05) is 27.7 Å². The van der Waals surface area contributed by atoms with Crippen molar-refractivity contribution in [3.8, 4) is 0 Å². The van der Waals surface area contributed by atoms with Crippen LogP contribution >= 0.6 is 0 Å². The van der Waals surface area contributed by atoms with E-state index in [0.29, 0.717) is 0 Å². The van der Waals surface area contributed by atoms with Crippen molar-refractivity contribution in [1.29, 1.82) is 0 Å². The van der Waals surface area contributed by atoms with Crippen LogP contribution in [0.25, 0.3) is 0 Å². The van der Waals surface area contributed by atoms with Gasteiger partial charge in [0.1, 0.15) is 0 Å². The van der Waals surface area contributed by atoms with Gasteiger partial charge in [0.2, 0.25) is 6.43 Å². The fraction of sp³-hybridized carbons (Fsp3) is 1.00. The first kappa shape index (κ1) is 9.86. The fourth-order valence-corrected chi connectivity index (χ4v) is 1.35. The van der Waals surface area contributed by atoms with Crippen LogP contribution in [0.15, 0.2) is 0 Å². The molecular weight excluding hydrogens is 134 g/mol. The standard InChI is InChI=1S/C8H16F2/c1-5(2)7(6(3)4)8(9)10/h5-8H,1-4H3. The number of hydrogen-bond acceptors (Lipinski definition) is 0. The Morgan fingerprint density at radius 1 is 0.800 bits per heavy atom. The minimum Gasteiger partial charge on any atom is -0.210 e. The predicted molar refractivity (Wildman–Crippen MR) is 39.2 cm³/mol. The van der Waals surface area contributed by atoms with Crippen LogP contribution in [0, 0.1) is 17.8 Å². The highest BCUT2D eigenvalue weighted by atomic mass is 19.3. The molecule has 0 atom stereocenters. The molecule has 0 aliphatic heterocycles. The molecule has 62 valence electrons. The quantitative estimate of drug-likeness (QED) is 0.579. The minimum atomic E-state index is -2.17.